The van der Waals surface area contributed by atoms with E-state index in [0.717, 1.165) is 114 Å². The van der Waals surface area contributed by atoms with E-state index in [9.17, 15) is 43.2 Å². The summed E-state index contributed by atoms with van der Waals surface area (Å²) in [7, 11) is -9.92. The fourth-order valence-corrected chi connectivity index (χ4v) is 13.6. The SMILES string of the molecule is CCC(C)CCCCCCCCCCCCC(=O)O[C@H](COC(=O)CCCCCCCCCCC(C)C)COP(=O)(O)OCC(O)COP(=O)(O)OC[C@@H](COC(=O)CCCCCCCCCCCC(C)C)OC(=O)CCCCCCCCCCCCCCCCCCCCC(C)C. The highest BCUT2D eigenvalue weighted by atomic mass is 31.2. The molecule has 0 radical (unpaired) electrons. The average molecular weight is 1440 g/mol. The Hall–Kier alpha value is -1.94. The van der Waals surface area contributed by atoms with Crippen LogP contribution in [0.3, 0.4) is 0 Å². The molecule has 0 aromatic heterocycles. The molecule has 0 aliphatic carbocycles. The van der Waals surface area contributed by atoms with Gasteiger partial charge in [0.1, 0.15) is 19.3 Å². The van der Waals surface area contributed by atoms with Gasteiger partial charge >= 0.3 is 39.5 Å². The highest BCUT2D eigenvalue weighted by Gasteiger charge is 2.30. The largest absolute Gasteiger partial charge is 0.472 e. The highest BCUT2D eigenvalue weighted by Crippen LogP contribution is 2.45. The summed E-state index contributed by atoms with van der Waals surface area (Å²) in [6.45, 7) is 14.2. The van der Waals surface area contributed by atoms with Crippen LogP contribution in [0.4, 0.5) is 0 Å². The zero-order valence-corrected chi connectivity index (χ0v) is 66.2. The number of unbranched alkanes of at least 4 members (excludes halogenated alkanes) is 41. The quantitative estimate of drug-likeness (QED) is 0.0222. The molecule has 0 aliphatic heterocycles. The molecule has 0 saturated carbocycles. The van der Waals surface area contributed by atoms with Gasteiger partial charge in [-0.15, -0.1) is 0 Å². The molecule has 4 unspecified atom stereocenters. The number of ether oxygens (including phenoxy) is 4. The van der Waals surface area contributed by atoms with Crippen LogP contribution in [0.25, 0.3) is 0 Å². The van der Waals surface area contributed by atoms with Crippen LogP contribution in [0.5, 0.6) is 0 Å². The predicted octanol–water partition coefficient (Wildman–Crippen LogP) is 23.2. The van der Waals surface area contributed by atoms with Crippen LogP contribution in [-0.2, 0) is 65.4 Å². The lowest BCUT2D eigenvalue weighted by Gasteiger charge is -2.21. The second kappa shape index (κ2) is 68.2. The normalized spacial score (nSPS) is 14.3. The van der Waals surface area contributed by atoms with Gasteiger partial charge in [0.05, 0.1) is 26.4 Å². The van der Waals surface area contributed by atoms with Crippen molar-refractivity contribution in [2.45, 2.75) is 420 Å². The van der Waals surface area contributed by atoms with E-state index in [-0.39, 0.29) is 25.7 Å². The first-order chi connectivity index (χ1) is 47.1. The van der Waals surface area contributed by atoms with Crippen molar-refractivity contribution in [3.63, 3.8) is 0 Å². The molecular formula is C79H154O17P2. The molecule has 0 heterocycles. The average Bonchev–Trinajstić information content (AvgIpc) is 1.02. The summed E-state index contributed by atoms with van der Waals surface area (Å²) in [5.74, 6) is 0.975. The first kappa shape index (κ1) is 96.1. The van der Waals surface area contributed by atoms with E-state index < -0.39 is 97.5 Å². The van der Waals surface area contributed by atoms with Crippen LogP contribution in [0.2, 0.25) is 0 Å². The number of carbonyl (C=O) groups excluding carboxylic acids is 4. The molecule has 0 spiro atoms. The Morgan fingerprint density at radius 3 is 0.724 bits per heavy atom. The third-order valence-electron chi connectivity index (χ3n) is 18.7. The second-order valence-corrected chi connectivity index (χ2v) is 33.0. The summed E-state index contributed by atoms with van der Waals surface area (Å²) < 4.78 is 68.6. The third kappa shape index (κ3) is 71.1. The number of hydrogen-bond acceptors (Lipinski definition) is 15. The zero-order chi connectivity index (χ0) is 72.4. The van der Waals surface area contributed by atoms with Crippen molar-refractivity contribution >= 4 is 39.5 Å². The Labute approximate surface area is 600 Å². The molecule has 0 fully saturated rings. The summed E-state index contributed by atoms with van der Waals surface area (Å²) in [6, 6.07) is 0. The molecule has 0 aliphatic rings. The number of aliphatic hydroxyl groups is 1. The van der Waals surface area contributed by atoms with Gasteiger partial charge in [-0.05, 0) is 49.4 Å². The van der Waals surface area contributed by atoms with Crippen LogP contribution in [0.15, 0.2) is 0 Å². The molecule has 582 valence electrons. The zero-order valence-electron chi connectivity index (χ0n) is 64.4. The monoisotopic (exact) mass is 1440 g/mol. The Morgan fingerprint density at radius 1 is 0.286 bits per heavy atom. The van der Waals surface area contributed by atoms with E-state index in [2.05, 4.69) is 55.4 Å². The van der Waals surface area contributed by atoms with Gasteiger partial charge in [0.2, 0.25) is 0 Å². The summed E-state index contributed by atoms with van der Waals surface area (Å²) >= 11 is 0. The molecular weight excluding hydrogens is 1280 g/mol. The highest BCUT2D eigenvalue weighted by molar-refractivity contribution is 7.47. The van der Waals surface area contributed by atoms with Gasteiger partial charge in [-0.25, -0.2) is 9.13 Å². The molecule has 0 aromatic carbocycles. The van der Waals surface area contributed by atoms with Crippen molar-refractivity contribution in [1.29, 1.82) is 0 Å². The van der Waals surface area contributed by atoms with Gasteiger partial charge in [0, 0.05) is 25.7 Å². The first-order valence-electron chi connectivity index (χ1n) is 40.7. The molecule has 17 nitrogen and oxygen atoms in total. The summed E-state index contributed by atoms with van der Waals surface area (Å²) in [4.78, 5) is 72.9. The van der Waals surface area contributed by atoms with E-state index >= 15 is 0 Å². The van der Waals surface area contributed by atoms with E-state index in [1.807, 2.05) is 0 Å². The van der Waals surface area contributed by atoms with Crippen LogP contribution in [0, 0.1) is 23.7 Å². The van der Waals surface area contributed by atoms with Crippen LogP contribution >= 0.6 is 15.6 Å². The summed E-state index contributed by atoms with van der Waals surface area (Å²) in [6.07, 6.45) is 54.2. The van der Waals surface area contributed by atoms with E-state index in [4.69, 9.17) is 37.0 Å². The van der Waals surface area contributed by atoms with Crippen LogP contribution < -0.4 is 0 Å². The first-order valence-corrected chi connectivity index (χ1v) is 43.7. The lowest BCUT2D eigenvalue weighted by molar-refractivity contribution is -0.161. The Balaban J connectivity index is 5.22. The third-order valence-corrected chi connectivity index (χ3v) is 20.6. The standard InChI is InChI=1S/C79H154O17P2/c1-9-72(8)58-50-42-34-25-20-21-27-38-46-54-62-79(84)96-75(66-90-77(82)60-52-44-36-30-29-33-41-49-57-71(6)7)68-94-98(87,88)92-64-73(80)63-91-97(85,86)93-67-74(65-89-76(81)59-51-43-35-28-22-24-32-40-48-56-70(4)5)95-78(83)61-53-45-37-26-19-17-15-13-11-10-12-14-16-18-23-31-39-47-55-69(2)3/h69-75,80H,9-68H2,1-8H3,(H,85,86)(H,87,88)/t72?,73?,74-,75-/m1/s1. The van der Waals surface area contributed by atoms with Gasteiger partial charge in [-0.2, -0.15) is 0 Å². The molecule has 0 aromatic rings. The van der Waals surface area contributed by atoms with Gasteiger partial charge in [0.25, 0.3) is 0 Å². The molecule has 0 bridgehead atoms. The minimum Gasteiger partial charge on any atom is -0.462 e. The molecule has 0 amide bonds. The summed E-state index contributed by atoms with van der Waals surface area (Å²) in [5, 5.41) is 10.6. The minimum absolute atomic E-state index is 0.105. The van der Waals surface area contributed by atoms with Crippen molar-refractivity contribution in [2.75, 3.05) is 39.6 Å². The molecule has 6 atom stereocenters. The minimum atomic E-state index is -4.96. The van der Waals surface area contributed by atoms with Crippen molar-refractivity contribution < 1.29 is 80.2 Å². The number of carbonyl (C=O) groups is 4. The number of rotatable bonds is 76. The Kier molecular flexibility index (Phi) is 66.8. The van der Waals surface area contributed by atoms with Crippen molar-refractivity contribution in [3.8, 4) is 0 Å². The second-order valence-electron chi connectivity index (χ2n) is 30.1. The van der Waals surface area contributed by atoms with E-state index in [0.29, 0.717) is 25.7 Å². The molecule has 3 N–H and O–H groups in total. The number of esters is 4. The Morgan fingerprint density at radius 2 is 0.490 bits per heavy atom. The van der Waals surface area contributed by atoms with Gasteiger partial charge in [-0.1, -0.05) is 351 Å². The molecule has 0 saturated heterocycles. The number of phosphoric acid groups is 2. The van der Waals surface area contributed by atoms with Gasteiger partial charge in [-0.3, -0.25) is 37.3 Å². The maximum absolute atomic E-state index is 13.1. The van der Waals surface area contributed by atoms with E-state index in [1.165, 1.54) is 205 Å². The van der Waals surface area contributed by atoms with E-state index in [1.54, 1.807) is 0 Å². The molecule has 0 rings (SSSR count). The summed E-state index contributed by atoms with van der Waals surface area (Å²) in [5.41, 5.74) is 0. The maximum Gasteiger partial charge on any atom is 0.472 e. The van der Waals surface area contributed by atoms with Crippen LogP contribution in [0.1, 0.15) is 402 Å². The van der Waals surface area contributed by atoms with Crippen LogP contribution in [-0.4, -0.2) is 96.7 Å². The van der Waals surface area contributed by atoms with Crippen molar-refractivity contribution in [3.05, 3.63) is 0 Å². The molecule has 98 heavy (non-hydrogen) atoms. The van der Waals surface area contributed by atoms with Gasteiger partial charge < -0.3 is 33.8 Å². The fraction of sp³-hybridized carbons (Fsp3) is 0.949. The van der Waals surface area contributed by atoms with Gasteiger partial charge in [0.15, 0.2) is 12.2 Å². The van der Waals surface area contributed by atoms with Crippen molar-refractivity contribution in [2.24, 2.45) is 23.7 Å². The maximum atomic E-state index is 13.1. The van der Waals surface area contributed by atoms with Crippen molar-refractivity contribution in [1.82, 2.24) is 0 Å². The lowest BCUT2D eigenvalue weighted by atomic mass is 9.99. The molecule has 19 heteroatoms. The smallest absolute Gasteiger partial charge is 0.462 e. The topological polar surface area (TPSA) is 237 Å². The fourth-order valence-electron chi connectivity index (χ4n) is 12.0. The number of phosphoric ester groups is 2. The predicted molar refractivity (Wildman–Crippen MR) is 400 cm³/mol. The number of hydrogen-bond donors (Lipinski definition) is 3. The number of aliphatic hydroxyl groups excluding tert-OH is 1. The Bertz CT molecular complexity index is 1920. The lowest BCUT2D eigenvalue weighted by Crippen LogP contribution is -2.30.